The standard InChI is InChI=1S/C19H22ClNO3/c1-12(2)24-16-7-5-15(6-8-16)21-19(22)11-23-18-10-9-17(20)13(3)14(18)4/h5-10,12H,11H2,1-4H3,(H,21,22). The fourth-order valence-electron chi connectivity index (χ4n) is 2.15. The first-order chi connectivity index (χ1) is 11.4. The maximum atomic E-state index is 12.0. The highest BCUT2D eigenvalue weighted by Crippen LogP contribution is 2.27. The molecule has 0 atom stereocenters. The Hall–Kier alpha value is -2.20. The number of anilines is 1. The van der Waals surface area contributed by atoms with Crippen LogP contribution in [0.15, 0.2) is 36.4 Å². The van der Waals surface area contributed by atoms with Crippen molar-refractivity contribution >= 4 is 23.2 Å². The van der Waals surface area contributed by atoms with Gasteiger partial charge in [0.05, 0.1) is 6.10 Å². The molecular formula is C19H22ClNO3. The maximum absolute atomic E-state index is 12.0. The van der Waals surface area contributed by atoms with Crippen LogP contribution in [0, 0.1) is 13.8 Å². The Kier molecular flexibility index (Phi) is 6.10. The summed E-state index contributed by atoms with van der Waals surface area (Å²) in [5.41, 5.74) is 2.59. The summed E-state index contributed by atoms with van der Waals surface area (Å²) < 4.78 is 11.2. The van der Waals surface area contributed by atoms with Gasteiger partial charge in [0.1, 0.15) is 11.5 Å². The van der Waals surface area contributed by atoms with Crippen LogP contribution in [0.4, 0.5) is 5.69 Å². The summed E-state index contributed by atoms with van der Waals surface area (Å²) in [5, 5.41) is 3.48. The van der Waals surface area contributed by atoms with Crippen LogP contribution in [0.1, 0.15) is 25.0 Å². The number of ether oxygens (including phenoxy) is 2. The average Bonchev–Trinajstić information content (AvgIpc) is 2.53. The zero-order chi connectivity index (χ0) is 17.7. The Morgan fingerprint density at radius 1 is 1.08 bits per heavy atom. The SMILES string of the molecule is Cc1c(Cl)ccc(OCC(=O)Nc2ccc(OC(C)C)cc2)c1C. The smallest absolute Gasteiger partial charge is 0.262 e. The van der Waals surface area contributed by atoms with Gasteiger partial charge in [-0.15, -0.1) is 0 Å². The second-order valence-corrected chi connectivity index (χ2v) is 6.23. The van der Waals surface area contributed by atoms with Crippen LogP contribution in [0.2, 0.25) is 5.02 Å². The molecule has 0 aliphatic heterocycles. The molecule has 0 aliphatic rings. The van der Waals surface area contributed by atoms with Crippen LogP contribution in [-0.2, 0) is 4.79 Å². The summed E-state index contributed by atoms with van der Waals surface area (Å²) in [4.78, 5) is 12.0. The van der Waals surface area contributed by atoms with E-state index in [1.807, 2.05) is 39.8 Å². The van der Waals surface area contributed by atoms with E-state index in [4.69, 9.17) is 21.1 Å². The second kappa shape index (κ2) is 8.06. The summed E-state index contributed by atoms with van der Waals surface area (Å²) in [7, 11) is 0. The molecule has 2 aromatic carbocycles. The molecule has 4 nitrogen and oxygen atoms in total. The molecule has 1 amide bonds. The highest BCUT2D eigenvalue weighted by molar-refractivity contribution is 6.31. The van der Waals surface area contributed by atoms with Gasteiger partial charge >= 0.3 is 0 Å². The van der Waals surface area contributed by atoms with E-state index in [9.17, 15) is 4.79 Å². The summed E-state index contributed by atoms with van der Waals surface area (Å²) in [6, 6.07) is 10.8. The molecule has 0 saturated carbocycles. The van der Waals surface area contributed by atoms with Crippen molar-refractivity contribution in [2.24, 2.45) is 0 Å². The zero-order valence-electron chi connectivity index (χ0n) is 14.4. The minimum atomic E-state index is -0.223. The second-order valence-electron chi connectivity index (χ2n) is 5.82. The van der Waals surface area contributed by atoms with Crippen molar-refractivity contribution in [3.05, 3.63) is 52.5 Å². The van der Waals surface area contributed by atoms with Crippen LogP contribution in [-0.4, -0.2) is 18.6 Å². The number of hydrogen-bond donors (Lipinski definition) is 1. The molecule has 24 heavy (non-hydrogen) atoms. The first kappa shape index (κ1) is 18.1. The number of amides is 1. The zero-order valence-corrected chi connectivity index (χ0v) is 15.1. The molecule has 1 N–H and O–H groups in total. The predicted molar refractivity (Wildman–Crippen MR) is 97.3 cm³/mol. The van der Waals surface area contributed by atoms with E-state index in [-0.39, 0.29) is 18.6 Å². The van der Waals surface area contributed by atoms with Gasteiger partial charge in [0.15, 0.2) is 6.61 Å². The Balaban J connectivity index is 1.91. The van der Waals surface area contributed by atoms with Gasteiger partial charge in [0.25, 0.3) is 5.91 Å². The fourth-order valence-corrected chi connectivity index (χ4v) is 2.35. The molecule has 0 unspecified atom stereocenters. The van der Waals surface area contributed by atoms with Gasteiger partial charge in [0, 0.05) is 10.7 Å². The molecule has 0 fully saturated rings. The number of carbonyl (C=O) groups excluding carboxylic acids is 1. The quantitative estimate of drug-likeness (QED) is 0.819. The van der Waals surface area contributed by atoms with Crippen molar-refractivity contribution in [3.63, 3.8) is 0 Å². The van der Waals surface area contributed by atoms with Crippen molar-refractivity contribution in [1.29, 1.82) is 0 Å². The molecule has 2 rings (SSSR count). The minimum Gasteiger partial charge on any atom is -0.491 e. The molecule has 0 radical (unpaired) electrons. The van der Waals surface area contributed by atoms with Gasteiger partial charge in [-0.2, -0.15) is 0 Å². The van der Waals surface area contributed by atoms with Gasteiger partial charge in [-0.3, -0.25) is 4.79 Å². The van der Waals surface area contributed by atoms with Crippen molar-refractivity contribution in [3.8, 4) is 11.5 Å². The third kappa shape index (κ3) is 4.90. The monoisotopic (exact) mass is 347 g/mol. The topological polar surface area (TPSA) is 47.6 Å². The molecule has 0 bridgehead atoms. The minimum absolute atomic E-state index is 0.0633. The number of rotatable bonds is 6. The normalized spacial score (nSPS) is 10.6. The molecule has 0 spiro atoms. The highest BCUT2D eigenvalue weighted by Gasteiger charge is 2.09. The van der Waals surface area contributed by atoms with E-state index in [2.05, 4.69) is 5.32 Å². The number of benzene rings is 2. The van der Waals surface area contributed by atoms with Gasteiger partial charge in [0.2, 0.25) is 0 Å². The lowest BCUT2D eigenvalue weighted by Crippen LogP contribution is -2.20. The van der Waals surface area contributed by atoms with Gasteiger partial charge in [-0.05, 0) is 75.2 Å². The molecule has 5 heteroatoms. The van der Waals surface area contributed by atoms with Crippen LogP contribution >= 0.6 is 11.6 Å². The van der Waals surface area contributed by atoms with E-state index < -0.39 is 0 Å². The first-order valence-electron chi connectivity index (χ1n) is 7.82. The van der Waals surface area contributed by atoms with E-state index in [0.717, 1.165) is 16.9 Å². The third-order valence-electron chi connectivity index (χ3n) is 3.54. The number of nitrogens with one attached hydrogen (secondary N) is 1. The van der Waals surface area contributed by atoms with Crippen LogP contribution in [0.25, 0.3) is 0 Å². The number of halogens is 1. The van der Waals surface area contributed by atoms with Crippen LogP contribution in [0.3, 0.4) is 0 Å². The van der Waals surface area contributed by atoms with Gasteiger partial charge < -0.3 is 14.8 Å². The van der Waals surface area contributed by atoms with E-state index in [1.165, 1.54) is 0 Å². The summed E-state index contributed by atoms with van der Waals surface area (Å²) in [6.45, 7) is 7.71. The maximum Gasteiger partial charge on any atom is 0.262 e. The molecule has 2 aromatic rings. The highest BCUT2D eigenvalue weighted by atomic mass is 35.5. The van der Waals surface area contributed by atoms with Crippen LogP contribution < -0.4 is 14.8 Å². The lowest BCUT2D eigenvalue weighted by Gasteiger charge is -2.13. The lowest BCUT2D eigenvalue weighted by molar-refractivity contribution is -0.118. The van der Waals surface area contributed by atoms with Crippen molar-refractivity contribution in [1.82, 2.24) is 0 Å². The van der Waals surface area contributed by atoms with E-state index in [0.29, 0.717) is 16.5 Å². The van der Waals surface area contributed by atoms with Crippen molar-refractivity contribution < 1.29 is 14.3 Å². The van der Waals surface area contributed by atoms with Crippen molar-refractivity contribution in [2.75, 3.05) is 11.9 Å². The van der Waals surface area contributed by atoms with E-state index >= 15 is 0 Å². The molecule has 0 saturated heterocycles. The Morgan fingerprint density at radius 2 is 1.75 bits per heavy atom. The number of hydrogen-bond acceptors (Lipinski definition) is 3. The Labute approximate surface area is 147 Å². The number of carbonyl (C=O) groups is 1. The summed E-state index contributed by atoms with van der Waals surface area (Å²) in [6.07, 6.45) is 0.116. The van der Waals surface area contributed by atoms with Gasteiger partial charge in [-0.25, -0.2) is 0 Å². The first-order valence-corrected chi connectivity index (χ1v) is 8.19. The molecular weight excluding hydrogens is 326 g/mol. The van der Waals surface area contributed by atoms with Gasteiger partial charge in [-0.1, -0.05) is 11.6 Å². The van der Waals surface area contributed by atoms with Crippen molar-refractivity contribution in [2.45, 2.75) is 33.8 Å². The van der Waals surface area contributed by atoms with E-state index in [1.54, 1.807) is 24.3 Å². The third-order valence-corrected chi connectivity index (χ3v) is 3.95. The molecule has 128 valence electrons. The molecule has 0 aliphatic carbocycles. The Bertz CT molecular complexity index is 711. The fraction of sp³-hybridized carbons (Fsp3) is 0.316. The molecule has 0 aromatic heterocycles. The summed E-state index contributed by atoms with van der Waals surface area (Å²) in [5.74, 6) is 1.21. The summed E-state index contributed by atoms with van der Waals surface area (Å²) >= 11 is 6.06. The Morgan fingerprint density at radius 3 is 2.38 bits per heavy atom. The predicted octanol–water partition coefficient (Wildman–Crippen LogP) is 4.76. The average molecular weight is 348 g/mol. The molecule has 0 heterocycles. The van der Waals surface area contributed by atoms with Crippen LogP contribution in [0.5, 0.6) is 11.5 Å². The lowest BCUT2D eigenvalue weighted by atomic mass is 10.1. The largest absolute Gasteiger partial charge is 0.491 e.